The highest BCUT2D eigenvalue weighted by atomic mass is 35.5. The molecule has 2 aromatic rings. The number of halogens is 1. The first-order valence-electron chi connectivity index (χ1n) is 3.92. The minimum Gasteiger partial charge on any atom is -0.303 e. The molecule has 0 saturated heterocycles. The molecule has 14 heavy (non-hydrogen) atoms. The van der Waals surface area contributed by atoms with Crippen LogP contribution in [0, 0.1) is 4.77 Å². The van der Waals surface area contributed by atoms with Crippen molar-refractivity contribution in [3.05, 3.63) is 28.3 Å². The number of H-pyrrole nitrogens is 1. The number of aromatic nitrogens is 4. The number of pyridine rings is 1. The lowest BCUT2D eigenvalue weighted by atomic mass is 10.3. The predicted octanol–water partition coefficient (Wildman–Crippen LogP) is 2.19. The summed E-state index contributed by atoms with van der Waals surface area (Å²) in [5, 5.41) is 7.18. The first-order chi connectivity index (χ1) is 6.70. The highest BCUT2D eigenvalue weighted by molar-refractivity contribution is 7.71. The summed E-state index contributed by atoms with van der Waals surface area (Å²) in [7, 11) is 1.82. The van der Waals surface area contributed by atoms with E-state index in [0.717, 1.165) is 5.56 Å². The predicted molar refractivity (Wildman–Crippen MR) is 56.6 cm³/mol. The van der Waals surface area contributed by atoms with Crippen molar-refractivity contribution in [1.29, 1.82) is 0 Å². The lowest BCUT2D eigenvalue weighted by Crippen LogP contribution is -1.93. The molecule has 72 valence electrons. The Bertz CT molecular complexity index is 516. The molecular weight excluding hydrogens is 220 g/mol. The SMILES string of the molecule is Cn1c(-c2cccnc2Cl)n[nH]c1=S. The van der Waals surface area contributed by atoms with E-state index in [0.29, 0.717) is 15.7 Å². The van der Waals surface area contributed by atoms with Crippen molar-refractivity contribution in [2.45, 2.75) is 0 Å². The number of nitrogens with zero attached hydrogens (tertiary/aromatic N) is 3. The summed E-state index contributed by atoms with van der Waals surface area (Å²) >= 11 is 10.9. The van der Waals surface area contributed by atoms with Crippen molar-refractivity contribution < 1.29 is 0 Å². The van der Waals surface area contributed by atoms with Gasteiger partial charge in [0.05, 0.1) is 5.56 Å². The molecule has 0 aliphatic heterocycles. The number of rotatable bonds is 1. The molecule has 0 bridgehead atoms. The van der Waals surface area contributed by atoms with Gasteiger partial charge >= 0.3 is 0 Å². The van der Waals surface area contributed by atoms with Gasteiger partial charge in [-0.3, -0.25) is 5.10 Å². The second-order valence-electron chi connectivity index (χ2n) is 2.75. The topological polar surface area (TPSA) is 46.5 Å². The molecule has 2 heterocycles. The van der Waals surface area contributed by atoms with Crippen LogP contribution in [0.2, 0.25) is 5.15 Å². The van der Waals surface area contributed by atoms with Crippen molar-refractivity contribution in [3.63, 3.8) is 0 Å². The lowest BCUT2D eigenvalue weighted by molar-refractivity contribution is 0.901. The summed E-state index contributed by atoms with van der Waals surface area (Å²) in [5.41, 5.74) is 0.768. The van der Waals surface area contributed by atoms with Crippen molar-refractivity contribution in [2.75, 3.05) is 0 Å². The molecule has 0 fully saturated rings. The Hall–Kier alpha value is -1.20. The Kier molecular flexibility index (Phi) is 2.35. The second kappa shape index (κ2) is 3.51. The zero-order valence-electron chi connectivity index (χ0n) is 7.36. The fourth-order valence-corrected chi connectivity index (χ4v) is 1.48. The van der Waals surface area contributed by atoms with Crippen LogP contribution < -0.4 is 0 Å². The van der Waals surface area contributed by atoms with Gasteiger partial charge in [0.1, 0.15) is 5.15 Å². The molecule has 0 aliphatic rings. The highest BCUT2D eigenvalue weighted by Crippen LogP contribution is 2.22. The maximum Gasteiger partial charge on any atom is 0.195 e. The highest BCUT2D eigenvalue weighted by Gasteiger charge is 2.09. The fraction of sp³-hybridized carbons (Fsp3) is 0.125. The monoisotopic (exact) mass is 226 g/mol. The third-order valence-electron chi connectivity index (χ3n) is 1.88. The molecular formula is C8H7ClN4S. The fourth-order valence-electron chi connectivity index (χ4n) is 1.14. The zero-order valence-corrected chi connectivity index (χ0v) is 8.93. The van der Waals surface area contributed by atoms with E-state index in [-0.39, 0.29) is 0 Å². The Morgan fingerprint density at radius 2 is 2.36 bits per heavy atom. The van der Waals surface area contributed by atoms with Gasteiger partial charge in [0.15, 0.2) is 10.6 Å². The van der Waals surface area contributed by atoms with Crippen LogP contribution in [0.5, 0.6) is 0 Å². The smallest absolute Gasteiger partial charge is 0.195 e. The first kappa shape index (κ1) is 9.36. The molecule has 0 atom stereocenters. The lowest BCUT2D eigenvalue weighted by Gasteiger charge is -2.00. The van der Waals surface area contributed by atoms with Crippen molar-refractivity contribution in [1.82, 2.24) is 19.7 Å². The van der Waals surface area contributed by atoms with Gasteiger partial charge in [-0.15, -0.1) is 0 Å². The molecule has 2 rings (SSSR count). The van der Waals surface area contributed by atoms with E-state index in [4.69, 9.17) is 23.8 Å². The summed E-state index contributed by atoms with van der Waals surface area (Å²) in [4.78, 5) is 3.97. The van der Waals surface area contributed by atoms with Crippen LogP contribution >= 0.6 is 23.8 Å². The van der Waals surface area contributed by atoms with Gasteiger partial charge in [0.2, 0.25) is 0 Å². The van der Waals surface area contributed by atoms with Crippen molar-refractivity contribution >= 4 is 23.8 Å². The van der Waals surface area contributed by atoms with Crippen LogP contribution in [-0.4, -0.2) is 19.7 Å². The van der Waals surface area contributed by atoms with E-state index < -0.39 is 0 Å². The van der Waals surface area contributed by atoms with Gasteiger partial charge in [-0.25, -0.2) is 4.98 Å². The van der Waals surface area contributed by atoms with Gasteiger partial charge in [-0.1, -0.05) is 11.6 Å². The Balaban J connectivity index is 2.66. The average molecular weight is 227 g/mol. The van der Waals surface area contributed by atoms with E-state index in [1.54, 1.807) is 16.8 Å². The van der Waals surface area contributed by atoms with E-state index in [1.165, 1.54) is 0 Å². The minimum absolute atomic E-state index is 0.421. The Morgan fingerprint density at radius 3 is 2.93 bits per heavy atom. The van der Waals surface area contributed by atoms with E-state index in [2.05, 4.69) is 15.2 Å². The third-order valence-corrected chi connectivity index (χ3v) is 2.55. The average Bonchev–Trinajstić information content (AvgIpc) is 2.49. The summed E-state index contributed by atoms with van der Waals surface area (Å²) in [6, 6.07) is 3.65. The molecule has 0 unspecified atom stereocenters. The van der Waals surface area contributed by atoms with Crippen LogP contribution in [0.3, 0.4) is 0 Å². The number of nitrogens with one attached hydrogen (secondary N) is 1. The van der Waals surface area contributed by atoms with Crippen LogP contribution in [0.15, 0.2) is 18.3 Å². The molecule has 0 spiro atoms. The molecule has 4 nitrogen and oxygen atoms in total. The molecule has 2 aromatic heterocycles. The van der Waals surface area contributed by atoms with Gasteiger partial charge < -0.3 is 4.57 Å². The molecule has 0 aromatic carbocycles. The minimum atomic E-state index is 0.421. The third kappa shape index (κ3) is 1.44. The van der Waals surface area contributed by atoms with Crippen LogP contribution in [-0.2, 0) is 7.05 Å². The standard InChI is InChI=1S/C8H7ClN4S/c1-13-7(11-12-8(13)14)5-3-2-4-10-6(5)9/h2-4H,1H3,(H,12,14). The maximum atomic E-state index is 5.93. The molecule has 0 saturated carbocycles. The van der Waals surface area contributed by atoms with Gasteiger partial charge in [0.25, 0.3) is 0 Å². The molecule has 0 amide bonds. The summed E-state index contributed by atoms with van der Waals surface area (Å²) in [6.45, 7) is 0. The molecule has 1 N–H and O–H groups in total. The van der Waals surface area contributed by atoms with Crippen LogP contribution in [0.1, 0.15) is 0 Å². The van der Waals surface area contributed by atoms with Gasteiger partial charge in [-0.05, 0) is 24.4 Å². The summed E-state index contributed by atoms with van der Waals surface area (Å²) < 4.78 is 2.30. The first-order valence-corrected chi connectivity index (χ1v) is 4.71. The van der Waals surface area contributed by atoms with Gasteiger partial charge in [0, 0.05) is 13.2 Å². The molecule has 0 radical (unpaired) electrons. The number of hydrogen-bond donors (Lipinski definition) is 1. The zero-order chi connectivity index (χ0) is 10.1. The molecule has 0 aliphatic carbocycles. The molecule has 6 heteroatoms. The van der Waals surface area contributed by atoms with E-state index >= 15 is 0 Å². The Labute approximate surface area is 90.6 Å². The number of hydrogen-bond acceptors (Lipinski definition) is 3. The van der Waals surface area contributed by atoms with Crippen LogP contribution in [0.4, 0.5) is 0 Å². The van der Waals surface area contributed by atoms with Crippen LogP contribution in [0.25, 0.3) is 11.4 Å². The summed E-state index contributed by atoms with van der Waals surface area (Å²) in [5.74, 6) is 0.688. The Morgan fingerprint density at radius 1 is 1.57 bits per heavy atom. The van der Waals surface area contributed by atoms with E-state index in [9.17, 15) is 0 Å². The second-order valence-corrected chi connectivity index (χ2v) is 3.50. The number of aromatic amines is 1. The van der Waals surface area contributed by atoms with Gasteiger partial charge in [-0.2, -0.15) is 5.10 Å². The maximum absolute atomic E-state index is 5.93. The summed E-state index contributed by atoms with van der Waals surface area (Å²) in [6.07, 6.45) is 1.63. The van der Waals surface area contributed by atoms with Crippen molar-refractivity contribution in [2.24, 2.45) is 7.05 Å². The normalized spacial score (nSPS) is 10.4. The van der Waals surface area contributed by atoms with E-state index in [1.807, 2.05) is 13.1 Å². The largest absolute Gasteiger partial charge is 0.303 e. The quantitative estimate of drug-likeness (QED) is 0.599. The van der Waals surface area contributed by atoms with Crippen molar-refractivity contribution in [3.8, 4) is 11.4 Å².